The lowest BCUT2D eigenvalue weighted by atomic mass is 9.86. The molecule has 0 atom stereocenters. The molecular weight excluding hydrogens is 324 g/mol. The molecule has 20 heavy (non-hydrogen) atoms. The van der Waals surface area contributed by atoms with E-state index in [-0.39, 0.29) is 0 Å². The van der Waals surface area contributed by atoms with Crippen molar-refractivity contribution < 1.29 is 14.7 Å². The van der Waals surface area contributed by atoms with Crippen molar-refractivity contribution in [2.45, 2.75) is 25.7 Å². The van der Waals surface area contributed by atoms with E-state index in [1.54, 1.807) is 18.2 Å². The number of carbonyl (C=O) groups is 2. The minimum absolute atomic E-state index is 0.386. The highest BCUT2D eigenvalue weighted by atomic mass is 79.9. The highest BCUT2D eigenvalue weighted by molar-refractivity contribution is 9.10. The largest absolute Gasteiger partial charge is 0.481 e. The van der Waals surface area contributed by atoms with Gasteiger partial charge in [0.25, 0.3) is 0 Å². The van der Waals surface area contributed by atoms with Crippen LogP contribution in [0.15, 0.2) is 22.7 Å². The Morgan fingerprint density at radius 1 is 1.35 bits per heavy atom. The van der Waals surface area contributed by atoms with Crippen molar-refractivity contribution in [1.29, 1.82) is 0 Å². The Kier molecular flexibility index (Phi) is 4.32. The number of benzene rings is 1. The second kappa shape index (κ2) is 5.83. The van der Waals surface area contributed by atoms with E-state index in [1.165, 1.54) is 0 Å². The van der Waals surface area contributed by atoms with Crippen LogP contribution in [0.1, 0.15) is 36.0 Å². The van der Waals surface area contributed by atoms with Crippen LogP contribution in [0.25, 0.3) is 0 Å². The molecule has 0 aromatic heterocycles. The van der Waals surface area contributed by atoms with Gasteiger partial charge in [0.1, 0.15) is 0 Å². The van der Waals surface area contributed by atoms with Crippen molar-refractivity contribution >= 4 is 33.5 Å². The minimum Gasteiger partial charge on any atom is -0.481 e. The number of amides is 1. The van der Waals surface area contributed by atoms with Gasteiger partial charge in [0.05, 0.1) is 5.41 Å². The fourth-order valence-electron chi connectivity index (χ4n) is 2.59. The molecular formula is C14H17BrN2O3. The van der Waals surface area contributed by atoms with Crippen LogP contribution >= 0.6 is 15.9 Å². The van der Waals surface area contributed by atoms with Crippen molar-refractivity contribution in [2.24, 2.45) is 11.1 Å². The Morgan fingerprint density at radius 2 is 2.00 bits per heavy atom. The zero-order chi connectivity index (χ0) is 14.8. The molecule has 1 aromatic carbocycles. The number of carboxylic acids is 1. The number of halogens is 1. The van der Waals surface area contributed by atoms with E-state index in [0.29, 0.717) is 29.4 Å². The number of nitrogens with two attached hydrogens (primary N) is 1. The van der Waals surface area contributed by atoms with E-state index in [0.717, 1.165) is 18.5 Å². The molecule has 0 saturated heterocycles. The molecule has 1 fully saturated rings. The van der Waals surface area contributed by atoms with Gasteiger partial charge in [-0.3, -0.25) is 9.59 Å². The first-order valence-electron chi connectivity index (χ1n) is 6.51. The van der Waals surface area contributed by atoms with Gasteiger partial charge in [-0.15, -0.1) is 0 Å². The molecule has 4 N–H and O–H groups in total. The van der Waals surface area contributed by atoms with Gasteiger partial charge in [0.15, 0.2) is 0 Å². The number of aliphatic carboxylic acids is 1. The third-order valence-corrected chi connectivity index (χ3v) is 4.54. The first-order valence-corrected chi connectivity index (χ1v) is 7.30. The number of carboxylic acid groups (broad SMARTS) is 1. The van der Waals surface area contributed by atoms with Crippen LogP contribution in [-0.4, -0.2) is 23.5 Å². The maximum Gasteiger partial charge on any atom is 0.311 e. The van der Waals surface area contributed by atoms with Gasteiger partial charge in [-0.05, 0) is 47.0 Å². The lowest BCUT2D eigenvalue weighted by molar-refractivity contribution is -0.147. The number of rotatable bonds is 5. The Morgan fingerprint density at radius 3 is 2.50 bits per heavy atom. The smallest absolute Gasteiger partial charge is 0.311 e. The average molecular weight is 341 g/mol. The van der Waals surface area contributed by atoms with Gasteiger partial charge >= 0.3 is 5.97 Å². The number of hydrogen-bond acceptors (Lipinski definition) is 3. The summed E-state index contributed by atoms with van der Waals surface area (Å²) >= 11 is 3.36. The molecule has 2 rings (SSSR count). The predicted molar refractivity (Wildman–Crippen MR) is 79.7 cm³/mol. The lowest BCUT2D eigenvalue weighted by Crippen LogP contribution is -2.35. The summed E-state index contributed by atoms with van der Waals surface area (Å²) in [6.07, 6.45) is 3.31. The third-order valence-electron chi connectivity index (χ3n) is 3.89. The second-order valence-electron chi connectivity index (χ2n) is 5.21. The molecule has 0 aliphatic heterocycles. The lowest BCUT2D eigenvalue weighted by Gasteiger charge is -2.25. The normalized spacial score (nSPS) is 16.9. The average Bonchev–Trinajstić information content (AvgIpc) is 2.87. The minimum atomic E-state index is -0.743. The molecule has 1 aliphatic rings. The van der Waals surface area contributed by atoms with Crippen LogP contribution in [-0.2, 0) is 4.79 Å². The molecule has 0 unspecified atom stereocenters. The van der Waals surface area contributed by atoms with E-state index in [4.69, 9.17) is 5.73 Å². The summed E-state index contributed by atoms with van der Waals surface area (Å²) in [6, 6.07) is 4.99. The van der Waals surface area contributed by atoms with Crippen LogP contribution in [0.5, 0.6) is 0 Å². The summed E-state index contributed by atoms with van der Waals surface area (Å²) in [5.41, 5.74) is 5.71. The van der Waals surface area contributed by atoms with E-state index in [9.17, 15) is 14.7 Å². The second-order valence-corrected chi connectivity index (χ2v) is 6.06. The van der Waals surface area contributed by atoms with Crippen molar-refractivity contribution in [1.82, 2.24) is 0 Å². The highest BCUT2D eigenvalue weighted by Crippen LogP contribution is 2.39. The number of hydrogen-bond donors (Lipinski definition) is 3. The summed E-state index contributed by atoms with van der Waals surface area (Å²) < 4.78 is 0.701. The number of nitrogens with one attached hydrogen (secondary N) is 1. The first-order chi connectivity index (χ1) is 9.44. The summed E-state index contributed by atoms with van der Waals surface area (Å²) in [4.78, 5) is 22.5. The molecule has 1 amide bonds. The first kappa shape index (κ1) is 14.8. The Balaban J connectivity index is 2.10. The standard InChI is InChI=1S/C14H17BrN2O3/c15-10-7-9(12(16)18)3-4-11(10)17-8-14(13(19)20)5-1-2-6-14/h3-4,7,17H,1-2,5-6,8H2,(H2,16,18)(H,19,20). The van der Waals surface area contributed by atoms with Gasteiger partial charge in [0, 0.05) is 22.3 Å². The molecule has 0 radical (unpaired) electrons. The van der Waals surface area contributed by atoms with Gasteiger partial charge in [-0.25, -0.2) is 0 Å². The van der Waals surface area contributed by atoms with Crippen LogP contribution in [0.4, 0.5) is 5.69 Å². The molecule has 1 aromatic rings. The summed E-state index contributed by atoms with van der Waals surface area (Å²) in [5, 5.41) is 12.6. The molecule has 0 heterocycles. The SMILES string of the molecule is NC(=O)c1ccc(NCC2(C(=O)O)CCCC2)c(Br)c1. The maximum absolute atomic E-state index is 11.5. The van der Waals surface area contributed by atoms with E-state index in [2.05, 4.69) is 21.2 Å². The zero-order valence-corrected chi connectivity index (χ0v) is 12.6. The van der Waals surface area contributed by atoms with Gasteiger partial charge in [-0.2, -0.15) is 0 Å². The Hall–Kier alpha value is -1.56. The Bertz CT molecular complexity index is 539. The van der Waals surface area contributed by atoms with Crippen LogP contribution in [0.2, 0.25) is 0 Å². The fourth-order valence-corrected chi connectivity index (χ4v) is 3.11. The maximum atomic E-state index is 11.5. The van der Waals surface area contributed by atoms with Crippen LogP contribution in [0.3, 0.4) is 0 Å². The van der Waals surface area contributed by atoms with Gasteiger partial charge in [0.2, 0.25) is 5.91 Å². The van der Waals surface area contributed by atoms with E-state index < -0.39 is 17.3 Å². The van der Waals surface area contributed by atoms with Crippen molar-refractivity contribution in [2.75, 3.05) is 11.9 Å². The Labute approximate surface area is 125 Å². The number of carbonyl (C=O) groups excluding carboxylic acids is 1. The summed E-state index contributed by atoms with van der Waals surface area (Å²) in [6.45, 7) is 0.386. The molecule has 1 aliphatic carbocycles. The van der Waals surface area contributed by atoms with Crippen molar-refractivity contribution in [3.8, 4) is 0 Å². The van der Waals surface area contributed by atoms with Crippen molar-refractivity contribution in [3.63, 3.8) is 0 Å². The topological polar surface area (TPSA) is 92.4 Å². The number of anilines is 1. The zero-order valence-electron chi connectivity index (χ0n) is 11.0. The monoisotopic (exact) mass is 340 g/mol. The van der Waals surface area contributed by atoms with Crippen LogP contribution in [0, 0.1) is 5.41 Å². The van der Waals surface area contributed by atoms with E-state index in [1.807, 2.05) is 0 Å². The molecule has 0 spiro atoms. The van der Waals surface area contributed by atoms with Gasteiger partial charge in [-0.1, -0.05) is 12.8 Å². The molecule has 1 saturated carbocycles. The number of primary amides is 1. The van der Waals surface area contributed by atoms with E-state index >= 15 is 0 Å². The summed E-state index contributed by atoms with van der Waals surface area (Å²) in [5.74, 6) is -1.23. The van der Waals surface area contributed by atoms with Gasteiger partial charge < -0.3 is 16.2 Å². The highest BCUT2D eigenvalue weighted by Gasteiger charge is 2.41. The fraction of sp³-hybridized carbons (Fsp3) is 0.429. The predicted octanol–water partition coefficient (Wildman–Crippen LogP) is 2.60. The van der Waals surface area contributed by atoms with Crippen molar-refractivity contribution in [3.05, 3.63) is 28.2 Å². The molecule has 5 nitrogen and oxygen atoms in total. The van der Waals surface area contributed by atoms with Crippen LogP contribution < -0.4 is 11.1 Å². The molecule has 108 valence electrons. The third kappa shape index (κ3) is 2.95. The molecule has 0 bridgehead atoms. The quantitative estimate of drug-likeness (QED) is 0.768. The summed E-state index contributed by atoms with van der Waals surface area (Å²) in [7, 11) is 0. The molecule has 6 heteroatoms.